The van der Waals surface area contributed by atoms with Crippen molar-refractivity contribution in [3.63, 3.8) is 0 Å². The van der Waals surface area contributed by atoms with Gasteiger partial charge in [-0.2, -0.15) is 0 Å². The Morgan fingerprint density at radius 1 is 1.03 bits per heavy atom. The Kier molecular flexibility index (Phi) is 7.76. The molecule has 0 fully saturated rings. The number of nitrogens with zero attached hydrogens (tertiary/aromatic N) is 1. The van der Waals surface area contributed by atoms with Crippen LogP contribution in [0.25, 0.3) is 0 Å². The second-order valence-corrected chi connectivity index (χ2v) is 10.1. The molecule has 3 aromatic carbocycles. The molecule has 1 amide bonds. The summed E-state index contributed by atoms with van der Waals surface area (Å²) < 4.78 is 50.3. The summed E-state index contributed by atoms with van der Waals surface area (Å²) in [4.78, 5) is 12.8. The number of anilines is 1. The Balaban J connectivity index is 1.53. The first-order valence-corrected chi connectivity index (χ1v) is 12.8. The second-order valence-electron chi connectivity index (χ2n) is 7.81. The van der Waals surface area contributed by atoms with Crippen molar-refractivity contribution in [1.82, 2.24) is 5.32 Å². The van der Waals surface area contributed by atoms with Crippen molar-refractivity contribution in [2.75, 3.05) is 38.2 Å². The molecule has 0 radical (unpaired) electrons. The van der Waals surface area contributed by atoms with Crippen LogP contribution in [-0.2, 0) is 14.8 Å². The maximum Gasteiger partial charge on any atom is 0.264 e. The van der Waals surface area contributed by atoms with Crippen LogP contribution in [0.4, 0.5) is 5.69 Å². The lowest BCUT2D eigenvalue weighted by atomic mass is 10.2. The molecular weight excluding hydrogens is 508 g/mol. The monoisotopic (exact) mass is 532 g/mol. The van der Waals surface area contributed by atoms with Gasteiger partial charge in [-0.25, -0.2) is 8.42 Å². The first kappa shape index (κ1) is 25.5. The lowest BCUT2D eigenvalue weighted by Crippen LogP contribution is -2.45. The number of benzene rings is 3. The minimum Gasteiger partial charge on any atom is -0.493 e. The highest BCUT2D eigenvalue weighted by Gasteiger charge is 2.29. The van der Waals surface area contributed by atoms with Crippen LogP contribution in [0.5, 0.6) is 23.0 Å². The summed E-state index contributed by atoms with van der Waals surface area (Å²) >= 11 is 5.99. The number of fused-ring (bicyclic) bond motifs is 1. The van der Waals surface area contributed by atoms with Gasteiger partial charge in [0.1, 0.15) is 19.3 Å². The van der Waals surface area contributed by atoms with E-state index in [1.54, 1.807) is 24.3 Å². The number of rotatable bonds is 9. The molecule has 11 heteroatoms. The van der Waals surface area contributed by atoms with Crippen LogP contribution >= 0.6 is 11.6 Å². The number of hydrogen-bond donors (Lipinski definition) is 1. The lowest BCUT2D eigenvalue weighted by molar-refractivity contribution is -0.120. The molecule has 36 heavy (non-hydrogen) atoms. The Labute approximate surface area is 214 Å². The molecule has 190 valence electrons. The Morgan fingerprint density at radius 2 is 1.72 bits per heavy atom. The van der Waals surface area contributed by atoms with E-state index < -0.39 is 28.6 Å². The molecule has 1 unspecified atom stereocenters. The summed E-state index contributed by atoms with van der Waals surface area (Å²) in [6, 6.07) is 17.6. The van der Waals surface area contributed by atoms with E-state index in [9.17, 15) is 13.2 Å². The molecule has 0 aromatic heterocycles. The minimum absolute atomic E-state index is 0.0662. The summed E-state index contributed by atoms with van der Waals surface area (Å²) in [5.41, 5.74) is 0.274. The van der Waals surface area contributed by atoms with Crippen molar-refractivity contribution in [3.05, 3.63) is 71.8 Å². The molecule has 4 rings (SSSR count). The molecule has 1 atom stereocenters. The fourth-order valence-corrected chi connectivity index (χ4v) is 5.17. The highest BCUT2D eigenvalue weighted by molar-refractivity contribution is 7.92. The smallest absolute Gasteiger partial charge is 0.264 e. The molecule has 1 N–H and O–H groups in total. The van der Waals surface area contributed by atoms with Crippen LogP contribution in [0, 0.1) is 0 Å². The van der Waals surface area contributed by atoms with E-state index in [4.69, 9.17) is 30.5 Å². The van der Waals surface area contributed by atoms with Gasteiger partial charge in [-0.15, -0.1) is 0 Å². The molecule has 1 aliphatic heterocycles. The van der Waals surface area contributed by atoms with Crippen molar-refractivity contribution in [1.29, 1.82) is 0 Å². The van der Waals surface area contributed by atoms with Gasteiger partial charge in [0.25, 0.3) is 10.0 Å². The number of amides is 1. The molecule has 9 nitrogen and oxygen atoms in total. The van der Waals surface area contributed by atoms with Gasteiger partial charge in [0.2, 0.25) is 5.91 Å². The maximum absolute atomic E-state index is 13.6. The molecule has 1 aliphatic rings. The Morgan fingerprint density at radius 3 is 2.42 bits per heavy atom. The van der Waals surface area contributed by atoms with Crippen molar-refractivity contribution in [3.8, 4) is 23.0 Å². The van der Waals surface area contributed by atoms with E-state index in [0.29, 0.717) is 22.3 Å². The molecule has 0 bridgehead atoms. The first-order valence-electron chi connectivity index (χ1n) is 11.0. The number of sulfonamides is 1. The molecular formula is C25H25ClN2O7S. The third kappa shape index (κ3) is 5.60. The number of para-hydroxylation sites is 2. The minimum atomic E-state index is -4.16. The summed E-state index contributed by atoms with van der Waals surface area (Å²) in [6.07, 6.45) is -0.421. The van der Waals surface area contributed by atoms with Crippen molar-refractivity contribution in [2.24, 2.45) is 0 Å². The zero-order chi connectivity index (χ0) is 25.7. The molecule has 0 aliphatic carbocycles. The highest BCUT2D eigenvalue weighted by Crippen LogP contribution is 2.33. The normalized spacial score (nSPS) is 14.6. The van der Waals surface area contributed by atoms with Gasteiger partial charge in [0.15, 0.2) is 23.0 Å². The topological polar surface area (TPSA) is 103 Å². The van der Waals surface area contributed by atoms with Crippen LogP contribution in [-0.4, -0.2) is 54.3 Å². The van der Waals surface area contributed by atoms with E-state index in [1.807, 2.05) is 12.1 Å². The number of carbonyl (C=O) groups excluding carboxylic acids is 1. The zero-order valence-corrected chi connectivity index (χ0v) is 21.2. The molecule has 0 saturated carbocycles. The molecule has 0 spiro atoms. The number of ether oxygens (including phenoxy) is 4. The fourth-order valence-electron chi connectivity index (χ4n) is 3.60. The predicted molar refractivity (Wildman–Crippen MR) is 135 cm³/mol. The fraction of sp³-hybridized carbons (Fsp3) is 0.240. The molecule has 3 aromatic rings. The zero-order valence-electron chi connectivity index (χ0n) is 19.6. The van der Waals surface area contributed by atoms with Crippen molar-refractivity contribution in [2.45, 2.75) is 11.0 Å². The van der Waals surface area contributed by atoms with E-state index in [-0.39, 0.29) is 29.5 Å². The van der Waals surface area contributed by atoms with Gasteiger partial charge in [-0.1, -0.05) is 23.7 Å². The Bertz CT molecular complexity index is 1330. The summed E-state index contributed by atoms with van der Waals surface area (Å²) in [5.74, 6) is 1.32. The third-order valence-electron chi connectivity index (χ3n) is 5.44. The van der Waals surface area contributed by atoms with Gasteiger partial charge in [0.05, 0.1) is 31.3 Å². The number of methoxy groups -OCH3 is 2. The third-order valence-corrected chi connectivity index (χ3v) is 7.46. The van der Waals surface area contributed by atoms with Gasteiger partial charge in [-0.3, -0.25) is 9.10 Å². The standard InChI is InChI=1S/C25H25ClN2O7S/c1-32-21-12-11-20(13-24(21)33-2)36(30,31)28(18-9-7-17(26)8-10-18)15-25(29)27-14-19-16-34-22-5-3-4-6-23(22)35-19/h3-13,19H,14-16H2,1-2H3,(H,27,29). The Hall–Kier alpha value is -3.63. The number of halogens is 1. The summed E-state index contributed by atoms with van der Waals surface area (Å²) in [7, 11) is -1.30. The number of hydrogen-bond acceptors (Lipinski definition) is 7. The largest absolute Gasteiger partial charge is 0.493 e. The van der Waals surface area contributed by atoms with Crippen LogP contribution in [0.15, 0.2) is 71.6 Å². The highest BCUT2D eigenvalue weighted by atomic mass is 35.5. The summed E-state index contributed by atoms with van der Waals surface area (Å²) in [5, 5.41) is 3.17. The van der Waals surface area contributed by atoms with E-state index in [1.165, 1.54) is 44.6 Å². The van der Waals surface area contributed by atoms with Crippen molar-refractivity contribution >= 4 is 33.2 Å². The average Bonchev–Trinajstić information content (AvgIpc) is 2.90. The van der Waals surface area contributed by atoms with E-state index in [0.717, 1.165) is 4.31 Å². The van der Waals surface area contributed by atoms with Crippen LogP contribution in [0.2, 0.25) is 5.02 Å². The van der Waals surface area contributed by atoms with E-state index in [2.05, 4.69) is 5.32 Å². The predicted octanol–water partition coefficient (Wildman–Crippen LogP) is 3.51. The van der Waals surface area contributed by atoms with Crippen LogP contribution in [0.1, 0.15) is 0 Å². The van der Waals surface area contributed by atoms with Gasteiger partial charge in [-0.05, 0) is 48.5 Å². The molecule has 1 heterocycles. The second kappa shape index (κ2) is 11.0. The average molecular weight is 533 g/mol. The van der Waals surface area contributed by atoms with Crippen molar-refractivity contribution < 1.29 is 32.2 Å². The maximum atomic E-state index is 13.6. The SMILES string of the molecule is COc1ccc(S(=O)(=O)N(CC(=O)NCC2COc3ccccc3O2)c2ccc(Cl)cc2)cc1OC. The first-order chi connectivity index (χ1) is 17.3. The van der Waals surface area contributed by atoms with Gasteiger partial charge in [0, 0.05) is 11.1 Å². The number of carbonyl (C=O) groups is 1. The lowest BCUT2D eigenvalue weighted by Gasteiger charge is -2.27. The van der Waals surface area contributed by atoms with Gasteiger partial charge < -0.3 is 24.3 Å². The number of nitrogens with one attached hydrogen (secondary N) is 1. The van der Waals surface area contributed by atoms with Gasteiger partial charge >= 0.3 is 0 Å². The summed E-state index contributed by atoms with van der Waals surface area (Å²) in [6.45, 7) is -0.0807. The van der Waals surface area contributed by atoms with Crippen LogP contribution < -0.4 is 28.6 Å². The molecule has 0 saturated heterocycles. The van der Waals surface area contributed by atoms with Crippen LogP contribution in [0.3, 0.4) is 0 Å². The quantitative estimate of drug-likeness (QED) is 0.450. The van der Waals surface area contributed by atoms with E-state index >= 15 is 0 Å².